The van der Waals surface area contributed by atoms with Crippen LogP contribution in [0.3, 0.4) is 0 Å². The highest BCUT2D eigenvalue weighted by Gasteiger charge is 1.99. The van der Waals surface area contributed by atoms with E-state index in [-0.39, 0.29) is 0 Å². The summed E-state index contributed by atoms with van der Waals surface area (Å²) in [5, 5.41) is 0. The van der Waals surface area contributed by atoms with Gasteiger partial charge in [-0.1, -0.05) is 86.0 Å². The van der Waals surface area contributed by atoms with Crippen LogP contribution in [0.5, 0.6) is 0 Å². The van der Waals surface area contributed by atoms with Gasteiger partial charge < -0.3 is 0 Å². The predicted molar refractivity (Wildman–Crippen MR) is 131 cm³/mol. The Balaban J connectivity index is 3.10. The lowest BCUT2D eigenvalue weighted by Gasteiger charge is -2.03. The summed E-state index contributed by atoms with van der Waals surface area (Å²) in [6.07, 6.45) is 17.4. The second-order valence-corrected chi connectivity index (χ2v) is 7.39. The molecule has 0 nitrogen and oxygen atoms in total. The van der Waals surface area contributed by atoms with Gasteiger partial charge in [-0.2, -0.15) is 11.3 Å². The molecule has 0 unspecified atom stereocenters. The van der Waals surface area contributed by atoms with Crippen molar-refractivity contribution in [1.82, 2.24) is 0 Å². The second-order valence-electron chi connectivity index (χ2n) is 6.27. The molecule has 1 aromatic heterocycles. The van der Waals surface area contributed by atoms with Gasteiger partial charge in [0.1, 0.15) is 15.7 Å². The van der Waals surface area contributed by atoms with Crippen molar-refractivity contribution in [3.8, 4) is 0 Å². The molecule has 0 aromatic carbocycles. The van der Waals surface area contributed by atoms with Crippen molar-refractivity contribution in [1.29, 1.82) is 0 Å². The van der Waals surface area contributed by atoms with E-state index in [0.717, 1.165) is 27.1 Å². The van der Waals surface area contributed by atoms with E-state index in [0.29, 0.717) is 5.47 Å². The molecule has 0 fully saturated rings. The van der Waals surface area contributed by atoms with E-state index in [9.17, 15) is 0 Å². The molecule has 0 N–H and O–H groups in total. The Morgan fingerprint density at radius 1 is 0.786 bits per heavy atom. The van der Waals surface area contributed by atoms with Gasteiger partial charge in [0.15, 0.2) is 0 Å². The van der Waals surface area contributed by atoms with Crippen LogP contribution in [0.25, 0.3) is 5.57 Å². The lowest BCUT2D eigenvalue weighted by atomic mass is 9.94. The topological polar surface area (TPSA) is 0 Å². The average Bonchev–Trinajstić information content (AvgIpc) is 3.13. The fraction of sp³-hybridized carbons (Fsp3) is 0.120. The van der Waals surface area contributed by atoms with Crippen molar-refractivity contribution in [2.75, 3.05) is 0 Å². The van der Waals surface area contributed by atoms with Crippen molar-refractivity contribution in [3.63, 3.8) is 0 Å². The van der Waals surface area contributed by atoms with Gasteiger partial charge in [0.2, 0.25) is 0 Å². The zero-order valence-electron chi connectivity index (χ0n) is 17.0. The second kappa shape index (κ2) is 12.0. The Morgan fingerprint density at radius 2 is 1.32 bits per heavy atom. The fourth-order valence-corrected chi connectivity index (χ4v) is 3.03. The molecule has 1 aromatic rings. The summed E-state index contributed by atoms with van der Waals surface area (Å²) >= 11 is 1.59. The minimum Gasteiger partial charge on any atom is -0.152 e. The summed E-state index contributed by atoms with van der Waals surface area (Å²) in [7, 11) is 11.6. The van der Waals surface area contributed by atoms with Crippen molar-refractivity contribution in [2.24, 2.45) is 0 Å². The summed E-state index contributed by atoms with van der Waals surface area (Å²) in [5.41, 5.74) is 6.05. The first kappa shape index (κ1) is 23.5. The maximum absolute atomic E-state index is 5.81. The lowest BCUT2D eigenvalue weighted by molar-refractivity contribution is 1.40. The number of hydrogen-bond acceptors (Lipinski definition) is 1. The largest absolute Gasteiger partial charge is 0.152 e. The number of allylic oxidation sites excluding steroid dienone is 15. The molecule has 0 bridgehead atoms. The first-order valence-corrected chi connectivity index (χ1v) is 9.79. The Hall–Kier alpha value is -2.51. The number of rotatable bonds is 9. The van der Waals surface area contributed by atoms with Crippen LogP contribution in [0.15, 0.2) is 114 Å². The summed E-state index contributed by atoms with van der Waals surface area (Å²) in [5.74, 6) is 0. The van der Waals surface area contributed by atoms with Crippen LogP contribution in [0.4, 0.5) is 0 Å². The molecule has 0 saturated carbocycles. The number of hydrogen-bond donors (Lipinski definition) is 0. The summed E-state index contributed by atoms with van der Waals surface area (Å²) in [4.78, 5) is 1.17. The van der Waals surface area contributed by atoms with Gasteiger partial charge in [-0.3, -0.25) is 0 Å². The van der Waals surface area contributed by atoms with E-state index < -0.39 is 0 Å². The zero-order chi connectivity index (χ0) is 21.1. The summed E-state index contributed by atoms with van der Waals surface area (Å²) in [6.45, 7) is 17.7. The third-order valence-electron chi connectivity index (χ3n) is 4.15. The van der Waals surface area contributed by atoms with Crippen LogP contribution in [-0.4, -0.2) is 15.7 Å². The van der Waals surface area contributed by atoms with Crippen molar-refractivity contribution < 1.29 is 0 Å². The lowest BCUT2D eigenvalue weighted by Crippen LogP contribution is -1.88. The minimum atomic E-state index is 0.626. The Labute approximate surface area is 177 Å². The fourth-order valence-electron chi connectivity index (χ4n) is 2.28. The normalized spacial score (nSPS) is 14.8. The minimum absolute atomic E-state index is 0.626. The van der Waals surface area contributed by atoms with Gasteiger partial charge in [-0.15, -0.1) is 0 Å². The van der Waals surface area contributed by atoms with Crippen LogP contribution in [0.1, 0.15) is 25.6 Å². The molecule has 28 heavy (non-hydrogen) atoms. The summed E-state index contributed by atoms with van der Waals surface area (Å²) in [6, 6.07) is 3.97. The van der Waals surface area contributed by atoms with E-state index >= 15 is 0 Å². The molecule has 4 radical (unpaired) electrons. The zero-order valence-corrected chi connectivity index (χ0v) is 17.9. The van der Waals surface area contributed by atoms with Crippen LogP contribution in [-0.2, 0) is 0 Å². The molecule has 0 aliphatic rings. The molecule has 3 heteroatoms. The van der Waals surface area contributed by atoms with Gasteiger partial charge in [0, 0.05) is 4.88 Å². The molecule has 0 aliphatic carbocycles. The Bertz CT molecular complexity index is 912. The molecule has 0 atom stereocenters. The third-order valence-corrected chi connectivity index (χ3v) is 5.20. The van der Waals surface area contributed by atoms with Gasteiger partial charge in [-0.25, -0.2) is 0 Å². The quantitative estimate of drug-likeness (QED) is 0.348. The first-order valence-electron chi connectivity index (χ1n) is 8.97. The summed E-state index contributed by atoms with van der Waals surface area (Å²) < 4.78 is 0.821. The molecule has 0 amide bonds. The van der Waals surface area contributed by atoms with Gasteiger partial charge in [-0.05, 0) is 59.5 Å². The van der Waals surface area contributed by atoms with E-state index in [4.69, 9.17) is 15.7 Å². The molecule has 0 spiro atoms. The Morgan fingerprint density at radius 3 is 1.79 bits per heavy atom. The maximum Gasteiger partial charge on any atom is 0.128 e. The molecule has 138 valence electrons. The van der Waals surface area contributed by atoms with Crippen molar-refractivity contribution >= 4 is 37.4 Å². The van der Waals surface area contributed by atoms with Gasteiger partial charge in [0.05, 0.1) is 0 Å². The Kier molecular flexibility index (Phi) is 10.1. The monoisotopic (exact) mass is 380 g/mol. The highest BCUT2D eigenvalue weighted by molar-refractivity contribution is 7.20. The van der Waals surface area contributed by atoms with Crippen LogP contribution >= 0.6 is 11.3 Å². The van der Waals surface area contributed by atoms with E-state index in [1.165, 1.54) is 10.5 Å². The molecule has 0 saturated heterocycles. The first-order chi connectivity index (χ1) is 13.3. The van der Waals surface area contributed by atoms with Gasteiger partial charge in [0.25, 0.3) is 0 Å². The third kappa shape index (κ3) is 7.62. The number of thiophene rings is 1. The van der Waals surface area contributed by atoms with Crippen molar-refractivity contribution in [3.05, 3.63) is 119 Å². The van der Waals surface area contributed by atoms with Crippen LogP contribution < -0.4 is 4.78 Å². The molecular formula is C25H26B2S. The smallest absolute Gasteiger partial charge is 0.128 e. The molecular weight excluding hydrogens is 354 g/mol. The molecule has 1 rings (SSSR count). The van der Waals surface area contributed by atoms with Crippen molar-refractivity contribution in [2.45, 2.75) is 20.8 Å². The SMILES string of the molecule is [B]/C(C=C)=C/C=C(C)/C(C=C)=C/C=C(C)/C(C=C)=C/C=C(\C)c1ccc([B])s1. The standard InChI is InChI=1S/C25H26B2S/c1-7-21(19(5)12-15-23(26)9-3)13-10-18(4)22(8-2)14-11-20(6)24-16-17-25(27)28-24/h7-17H,1-3H2,4-6H3/b18-10+,19-12+,20-11+,21-13+,22-14+,23-15+. The van der Waals surface area contributed by atoms with Crippen LogP contribution in [0, 0.1) is 0 Å². The van der Waals surface area contributed by atoms with E-state index in [1.807, 2.05) is 49.4 Å². The highest BCUT2D eigenvalue weighted by Crippen LogP contribution is 2.20. The van der Waals surface area contributed by atoms with E-state index in [1.54, 1.807) is 17.4 Å². The van der Waals surface area contributed by atoms with E-state index in [2.05, 4.69) is 51.8 Å². The van der Waals surface area contributed by atoms with Crippen LogP contribution in [0.2, 0.25) is 0 Å². The average molecular weight is 380 g/mol. The highest BCUT2D eigenvalue weighted by atomic mass is 32.1. The molecule has 0 aliphatic heterocycles. The molecule has 1 heterocycles. The van der Waals surface area contributed by atoms with Gasteiger partial charge >= 0.3 is 0 Å². The maximum atomic E-state index is 5.81. The predicted octanol–water partition coefficient (Wildman–Crippen LogP) is 6.30.